The second-order valence-electron chi connectivity index (χ2n) is 5.71. The molecule has 0 bridgehead atoms. The van der Waals surface area contributed by atoms with Gasteiger partial charge in [0.25, 0.3) is 0 Å². The van der Waals surface area contributed by atoms with Gasteiger partial charge < -0.3 is 9.47 Å². The summed E-state index contributed by atoms with van der Waals surface area (Å²) in [6.07, 6.45) is 0.942. The second-order valence-corrected chi connectivity index (χ2v) is 5.71. The standard InChI is InChI=1S/C16H18N2O4/c1-16(2,3)22-15(20)18-13-8-10-6-5-7-11(14(19)21-4)12(10)9-17-13/h5-9H,1-4H3,(H,17,18,20). The van der Waals surface area contributed by atoms with Crippen molar-refractivity contribution in [1.29, 1.82) is 0 Å². The highest BCUT2D eigenvalue weighted by Crippen LogP contribution is 2.21. The maximum absolute atomic E-state index is 11.7. The van der Waals surface area contributed by atoms with Gasteiger partial charge in [-0.3, -0.25) is 5.32 Å². The highest BCUT2D eigenvalue weighted by molar-refractivity contribution is 6.04. The molecule has 1 amide bonds. The molecule has 116 valence electrons. The van der Waals surface area contributed by atoms with Crippen LogP contribution >= 0.6 is 0 Å². The first-order valence-corrected chi connectivity index (χ1v) is 6.77. The second kappa shape index (κ2) is 6.01. The van der Waals surface area contributed by atoms with E-state index in [4.69, 9.17) is 9.47 Å². The number of esters is 1. The fraction of sp³-hybridized carbons (Fsp3) is 0.312. The lowest BCUT2D eigenvalue weighted by molar-refractivity contribution is 0.0600. The predicted molar refractivity (Wildman–Crippen MR) is 82.9 cm³/mol. The molecule has 22 heavy (non-hydrogen) atoms. The summed E-state index contributed by atoms with van der Waals surface area (Å²) in [7, 11) is 1.33. The Kier molecular flexibility index (Phi) is 4.30. The van der Waals surface area contributed by atoms with E-state index in [9.17, 15) is 9.59 Å². The number of benzene rings is 1. The summed E-state index contributed by atoms with van der Waals surface area (Å²) in [5.41, 5.74) is -0.157. The summed E-state index contributed by atoms with van der Waals surface area (Å²) in [4.78, 5) is 27.6. The third-order valence-corrected chi connectivity index (χ3v) is 2.80. The molecule has 2 aromatic rings. The van der Waals surface area contributed by atoms with Gasteiger partial charge in [-0.15, -0.1) is 0 Å². The van der Waals surface area contributed by atoms with Crippen LogP contribution in [0.5, 0.6) is 0 Å². The summed E-state index contributed by atoms with van der Waals surface area (Å²) in [6.45, 7) is 5.34. The molecule has 1 N–H and O–H groups in total. The van der Waals surface area contributed by atoms with Crippen LogP contribution in [0.1, 0.15) is 31.1 Å². The Morgan fingerprint density at radius 1 is 1.23 bits per heavy atom. The lowest BCUT2D eigenvalue weighted by Gasteiger charge is -2.19. The van der Waals surface area contributed by atoms with Crippen molar-refractivity contribution in [1.82, 2.24) is 4.98 Å². The van der Waals surface area contributed by atoms with Crippen molar-refractivity contribution >= 4 is 28.7 Å². The van der Waals surface area contributed by atoms with Gasteiger partial charge >= 0.3 is 12.1 Å². The van der Waals surface area contributed by atoms with Crippen LogP contribution in [-0.2, 0) is 9.47 Å². The molecular weight excluding hydrogens is 284 g/mol. The number of methoxy groups -OCH3 is 1. The van der Waals surface area contributed by atoms with Gasteiger partial charge in [0.2, 0.25) is 0 Å². The highest BCUT2D eigenvalue weighted by atomic mass is 16.6. The number of carbonyl (C=O) groups is 2. The van der Waals surface area contributed by atoms with Crippen molar-refractivity contribution in [2.24, 2.45) is 0 Å². The monoisotopic (exact) mass is 302 g/mol. The van der Waals surface area contributed by atoms with Crippen LogP contribution in [0.15, 0.2) is 30.5 Å². The number of carbonyl (C=O) groups excluding carboxylic acids is 2. The number of aromatic nitrogens is 1. The zero-order valence-electron chi connectivity index (χ0n) is 13.0. The van der Waals surface area contributed by atoms with Gasteiger partial charge in [-0.1, -0.05) is 12.1 Å². The fourth-order valence-corrected chi connectivity index (χ4v) is 1.94. The molecular formula is C16H18N2O4. The molecule has 1 heterocycles. The van der Waals surface area contributed by atoms with Crippen LogP contribution in [0.3, 0.4) is 0 Å². The molecule has 0 radical (unpaired) electrons. The van der Waals surface area contributed by atoms with Gasteiger partial charge in [-0.05, 0) is 38.3 Å². The number of amides is 1. The van der Waals surface area contributed by atoms with E-state index in [1.807, 2.05) is 6.07 Å². The maximum atomic E-state index is 11.7. The zero-order valence-corrected chi connectivity index (χ0v) is 13.0. The van der Waals surface area contributed by atoms with E-state index in [1.165, 1.54) is 13.3 Å². The summed E-state index contributed by atoms with van der Waals surface area (Å²) < 4.78 is 9.91. The first kappa shape index (κ1) is 15.8. The molecule has 6 nitrogen and oxygen atoms in total. The van der Waals surface area contributed by atoms with Crippen LogP contribution < -0.4 is 5.32 Å². The maximum Gasteiger partial charge on any atom is 0.413 e. The smallest absolute Gasteiger partial charge is 0.413 e. The Morgan fingerprint density at radius 3 is 2.59 bits per heavy atom. The van der Waals surface area contributed by atoms with E-state index in [-0.39, 0.29) is 0 Å². The molecule has 6 heteroatoms. The minimum atomic E-state index is -0.584. The molecule has 0 spiro atoms. The Bertz CT molecular complexity index is 720. The average Bonchev–Trinajstić information content (AvgIpc) is 2.43. The van der Waals surface area contributed by atoms with Gasteiger partial charge in [0.15, 0.2) is 0 Å². The van der Waals surface area contributed by atoms with Crippen LogP contribution in [-0.4, -0.2) is 29.8 Å². The lowest BCUT2D eigenvalue weighted by Crippen LogP contribution is -2.27. The number of ether oxygens (including phenoxy) is 2. The van der Waals surface area contributed by atoms with Gasteiger partial charge in [-0.25, -0.2) is 14.6 Å². The Labute approximate surface area is 128 Å². The van der Waals surface area contributed by atoms with E-state index < -0.39 is 17.7 Å². The Hall–Kier alpha value is -2.63. The van der Waals surface area contributed by atoms with E-state index >= 15 is 0 Å². The number of hydrogen-bond acceptors (Lipinski definition) is 5. The van der Waals surface area contributed by atoms with E-state index in [0.29, 0.717) is 16.8 Å². The van der Waals surface area contributed by atoms with Gasteiger partial charge in [0, 0.05) is 11.6 Å². The minimum Gasteiger partial charge on any atom is -0.465 e. The van der Waals surface area contributed by atoms with Crippen LogP contribution in [0.4, 0.5) is 10.6 Å². The number of anilines is 1. The summed E-state index contributed by atoms with van der Waals surface area (Å²) >= 11 is 0. The van der Waals surface area contributed by atoms with Crippen molar-refractivity contribution in [3.8, 4) is 0 Å². The Balaban J connectivity index is 2.28. The number of fused-ring (bicyclic) bond motifs is 1. The number of pyridine rings is 1. The number of nitrogens with one attached hydrogen (secondary N) is 1. The molecule has 0 atom stereocenters. The van der Waals surface area contributed by atoms with Crippen molar-refractivity contribution in [2.45, 2.75) is 26.4 Å². The van der Waals surface area contributed by atoms with Crippen molar-refractivity contribution in [2.75, 3.05) is 12.4 Å². The summed E-state index contributed by atoms with van der Waals surface area (Å²) in [6, 6.07) is 6.90. The van der Waals surface area contributed by atoms with Crippen molar-refractivity contribution in [3.05, 3.63) is 36.0 Å². The van der Waals surface area contributed by atoms with Crippen molar-refractivity contribution < 1.29 is 19.1 Å². The molecule has 2 rings (SSSR count). The zero-order chi connectivity index (χ0) is 16.3. The predicted octanol–water partition coefficient (Wildman–Crippen LogP) is 3.37. The number of rotatable bonds is 2. The van der Waals surface area contributed by atoms with Crippen molar-refractivity contribution in [3.63, 3.8) is 0 Å². The third-order valence-electron chi connectivity index (χ3n) is 2.80. The average molecular weight is 302 g/mol. The Morgan fingerprint density at radius 2 is 1.95 bits per heavy atom. The number of hydrogen-bond donors (Lipinski definition) is 1. The summed E-state index contributed by atoms with van der Waals surface area (Å²) in [5.74, 6) is -0.0796. The van der Waals surface area contributed by atoms with Crippen LogP contribution in [0.2, 0.25) is 0 Å². The molecule has 0 aliphatic rings. The third kappa shape index (κ3) is 3.72. The quantitative estimate of drug-likeness (QED) is 0.861. The lowest BCUT2D eigenvalue weighted by atomic mass is 10.1. The molecule has 0 aliphatic heterocycles. The molecule has 1 aromatic heterocycles. The molecule has 0 saturated carbocycles. The normalized spacial score (nSPS) is 11.1. The number of nitrogens with zero attached hydrogens (tertiary/aromatic N) is 1. The minimum absolute atomic E-state index is 0.351. The molecule has 0 fully saturated rings. The first-order valence-electron chi connectivity index (χ1n) is 6.77. The van der Waals surface area contributed by atoms with E-state index in [1.54, 1.807) is 39.0 Å². The summed E-state index contributed by atoms with van der Waals surface area (Å²) in [5, 5.41) is 3.99. The van der Waals surface area contributed by atoms with Crippen LogP contribution in [0.25, 0.3) is 10.8 Å². The topological polar surface area (TPSA) is 77.5 Å². The molecule has 0 unspecified atom stereocenters. The van der Waals surface area contributed by atoms with Crippen LogP contribution in [0, 0.1) is 0 Å². The van der Waals surface area contributed by atoms with E-state index in [0.717, 1.165) is 5.39 Å². The van der Waals surface area contributed by atoms with Gasteiger partial charge in [-0.2, -0.15) is 0 Å². The molecule has 0 aliphatic carbocycles. The first-order chi connectivity index (χ1) is 10.3. The van der Waals surface area contributed by atoms with Gasteiger partial charge in [0.05, 0.1) is 12.7 Å². The van der Waals surface area contributed by atoms with Gasteiger partial charge in [0.1, 0.15) is 11.4 Å². The highest BCUT2D eigenvalue weighted by Gasteiger charge is 2.17. The molecule has 1 aromatic carbocycles. The molecule has 0 saturated heterocycles. The fourth-order valence-electron chi connectivity index (χ4n) is 1.94. The SMILES string of the molecule is COC(=O)c1cccc2cc(NC(=O)OC(C)(C)C)ncc12. The largest absolute Gasteiger partial charge is 0.465 e. The van der Waals surface area contributed by atoms with E-state index in [2.05, 4.69) is 10.3 Å².